The van der Waals surface area contributed by atoms with Crippen molar-refractivity contribution in [3.8, 4) is 0 Å². The van der Waals surface area contributed by atoms with Crippen molar-refractivity contribution < 1.29 is 9.90 Å². The molecule has 0 heterocycles. The molecular weight excluding hydrogens is 240 g/mol. The fourth-order valence-electron chi connectivity index (χ4n) is 2.13. The van der Waals surface area contributed by atoms with Crippen molar-refractivity contribution in [1.29, 1.82) is 0 Å². The van der Waals surface area contributed by atoms with Crippen LogP contribution in [0, 0.1) is 5.92 Å². The first-order chi connectivity index (χ1) is 8.99. The van der Waals surface area contributed by atoms with E-state index >= 15 is 0 Å². The molecule has 0 radical (unpaired) electrons. The van der Waals surface area contributed by atoms with Crippen molar-refractivity contribution in [2.24, 2.45) is 5.92 Å². The van der Waals surface area contributed by atoms with E-state index in [2.05, 4.69) is 25.7 Å². The van der Waals surface area contributed by atoms with Crippen LogP contribution in [0.5, 0.6) is 0 Å². The standard InChI is InChI=1S/C15H24N2O2/c1-4-11(3)9-17(5-2)10-12-7-6-8-13(16)14(12)15(18)19/h6-8,11H,4-5,9-10,16H2,1-3H3,(H,18,19). The molecule has 0 saturated carbocycles. The predicted molar refractivity (Wildman–Crippen MR) is 78.2 cm³/mol. The highest BCUT2D eigenvalue weighted by Crippen LogP contribution is 2.19. The SMILES string of the molecule is CCC(C)CN(CC)Cc1cccc(N)c1C(=O)O. The fraction of sp³-hybridized carbons (Fsp3) is 0.533. The van der Waals surface area contributed by atoms with Crippen LogP contribution in [0.2, 0.25) is 0 Å². The Labute approximate surface area is 115 Å². The van der Waals surface area contributed by atoms with Crippen molar-refractivity contribution in [3.05, 3.63) is 29.3 Å². The summed E-state index contributed by atoms with van der Waals surface area (Å²) in [6, 6.07) is 5.30. The molecule has 0 aromatic heterocycles. The Morgan fingerprint density at radius 1 is 1.42 bits per heavy atom. The Kier molecular flexibility index (Phi) is 5.83. The van der Waals surface area contributed by atoms with Gasteiger partial charge < -0.3 is 10.8 Å². The van der Waals surface area contributed by atoms with Gasteiger partial charge in [0.15, 0.2) is 0 Å². The number of hydrogen-bond acceptors (Lipinski definition) is 3. The van der Waals surface area contributed by atoms with Gasteiger partial charge in [-0.15, -0.1) is 0 Å². The lowest BCUT2D eigenvalue weighted by molar-refractivity contribution is 0.0695. The fourth-order valence-corrected chi connectivity index (χ4v) is 2.13. The Balaban J connectivity index is 2.91. The van der Waals surface area contributed by atoms with E-state index in [1.165, 1.54) is 0 Å². The minimum absolute atomic E-state index is 0.241. The van der Waals surface area contributed by atoms with Gasteiger partial charge in [0, 0.05) is 18.8 Å². The van der Waals surface area contributed by atoms with Crippen LogP contribution in [0.25, 0.3) is 0 Å². The van der Waals surface area contributed by atoms with E-state index < -0.39 is 5.97 Å². The number of anilines is 1. The van der Waals surface area contributed by atoms with Gasteiger partial charge in [-0.3, -0.25) is 4.90 Å². The van der Waals surface area contributed by atoms with Crippen molar-refractivity contribution >= 4 is 11.7 Å². The quantitative estimate of drug-likeness (QED) is 0.743. The average molecular weight is 264 g/mol. The molecule has 19 heavy (non-hydrogen) atoms. The van der Waals surface area contributed by atoms with E-state index in [9.17, 15) is 9.90 Å². The van der Waals surface area contributed by atoms with Crippen LogP contribution in [0.3, 0.4) is 0 Å². The first-order valence-electron chi connectivity index (χ1n) is 6.82. The van der Waals surface area contributed by atoms with Crippen molar-refractivity contribution in [2.75, 3.05) is 18.8 Å². The van der Waals surface area contributed by atoms with Gasteiger partial charge in [-0.2, -0.15) is 0 Å². The van der Waals surface area contributed by atoms with Gasteiger partial charge in [0.1, 0.15) is 0 Å². The number of carboxylic acids is 1. The summed E-state index contributed by atoms with van der Waals surface area (Å²) in [6.45, 7) is 8.98. The van der Waals surface area contributed by atoms with Crippen molar-refractivity contribution in [3.63, 3.8) is 0 Å². The van der Waals surface area contributed by atoms with E-state index in [0.717, 1.165) is 25.1 Å². The van der Waals surface area contributed by atoms with Gasteiger partial charge in [0.25, 0.3) is 0 Å². The first kappa shape index (κ1) is 15.5. The maximum Gasteiger partial charge on any atom is 0.338 e. The molecule has 1 aromatic rings. The molecule has 0 fully saturated rings. The third kappa shape index (κ3) is 4.24. The highest BCUT2D eigenvalue weighted by molar-refractivity contribution is 5.95. The van der Waals surface area contributed by atoms with Crippen LogP contribution in [-0.2, 0) is 6.54 Å². The number of carboxylic acid groups (broad SMARTS) is 1. The van der Waals surface area contributed by atoms with Crippen LogP contribution < -0.4 is 5.73 Å². The summed E-state index contributed by atoms with van der Waals surface area (Å²) in [5.74, 6) is -0.345. The van der Waals surface area contributed by atoms with E-state index in [0.29, 0.717) is 18.2 Å². The zero-order valence-corrected chi connectivity index (χ0v) is 12.0. The lowest BCUT2D eigenvalue weighted by Gasteiger charge is -2.24. The molecule has 0 spiro atoms. The molecule has 0 aliphatic rings. The maximum absolute atomic E-state index is 11.3. The number of carbonyl (C=O) groups is 1. The summed E-state index contributed by atoms with van der Waals surface area (Å²) >= 11 is 0. The third-order valence-electron chi connectivity index (χ3n) is 3.50. The van der Waals surface area contributed by atoms with Gasteiger partial charge in [-0.05, 0) is 24.1 Å². The maximum atomic E-state index is 11.3. The monoisotopic (exact) mass is 264 g/mol. The van der Waals surface area contributed by atoms with Crippen LogP contribution in [0.15, 0.2) is 18.2 Å². The third-order valence-corrected chi connectivity index (χ3v) is 3.50. The number of hydrogen-bond donors (Lipinski definition) is 2. The highest BCUT2D eigenvalue weighted by atomic mass is 16.4. The van der Waals surface area contributed by atoms with Gasteiger partial charge in [0.2, 0.25) is 0 Å². The zero-order valence-electron chi connectivity index (χ0n) is 12.0. The van der Waals surface area contributed by atoms with Gasteiger partial charge in [-0.25, -0.2) is 4.79 Å². The number of aromatic carboxylic acids is 1. The van der Waals surface area contributed by atoms with Crippen LogP contribution >= 0.6 is 0 Å². The topological polar surface area (TPSA) is 66.6 Å². The number of rotatable bonds is 7. The van der Waals surface area contributed by atoms with Gasteiger partial charge in [-0.1, -0.05) is 39.3 Å². The molecule has 0 aliphatic carbocycles. The zero-order chi connectivity index (χ0) is 14.4. The van der Waals surface area contributed by atoms with Crippen LogP contribution in [0.4, 0.5) is 5.69 Å². The van der Waals surface area contributed by atoms with Crippen LogP contribution in [0.1, 0.15) is 43.1 Å². The Morgan fingerprint density at radius 3 is 2.63 bits per heavy atom. The van der Waals surface area contributed by atoms with Crippen LogP contribution in [-0.4, -0.2) is 29.1 Å². The normalized spacial score (nSPS) is 12.6. The largest absolute Gasteiger partial charge is 0.478 e. The average Bonchev–Trinajstić information content (AvgIpc) is 2.37. The summed E-state index contributed by atoms with van der Waals surface area (Å²) in [5, 5.41) is 9.26. The first-order valence-corrected chi connectivity index (χ1v) is 6.82. The molecule has 1 atom stereocenters. The Morgan fingerprint density at radius 2 is 2.11 bits per heavy atom. The highest BCUT2D eigenvalue weighted by Gasteiger charge is 2.16. The minimum Gasteiger partial charge on any atom is -0.478 e. The van der Waals surface area contributed by atoms with E-state index in [4.69, 9.17) is 5.73 Å². The molecule has 0 saturated heterocycles. The van der Waals surface area contributed by atoms with E-state index in [1.54, 1.807) is 6.07 Å². The van der Waals surface area contributed by atoms with Gasteiger partial charge >= 0.3 is 5.97 Å². The van der Waals surface area contributed by atoms with E-state index in [1.807, 2.05) is 12.1 Å². The predicted octanol–water partition coefficient (Wildman–Crippen LogP) is 2.83. The minimum atomic E-state index is -0.951. The molecule has 1 unspecified atom stereocenters. The molecule has 4 heteroatoms. The molecule has 106 valence electrons. The number of nitrogen functional groups attached to an aromatic ring is 1. The van der Waals surface area contributed by atoms with Gasteiger partial charge in [0.05, 0.1) is 5.56 Å². The summed E-state index contributed by atoms with van der Waals surface area (Å²) < 4.78 is 0. The smallest absolute Gasteiger partial charge is 0.338 e. The summed E-state index contributed by atoms with van der Waals surface area (Å²) in [7, 11) is 0. The lowest BCUT2D eigenvalue weighted by Crippen LogP contribution is -2.28. The summed E-state index contributed by atoms with van der Waals surface area (Å²) in [5.41, 5.74) is 7.14. The molecule has 3 N–H and O–H groups in total. The lowest BCUT2D eigenvalue weighted by atomic mass is 10.0. The van der Waals surface area contributed by atoms with Crippen molar-refractivity contribution in [2.45, 2.75) is 33.7 Å². The second-order valence-electron chi connectivity index (χ2n) is 5.03. The molecule has 0 bridgehead atoms. The van der Waals surface area contributed by atoms with Crippen molar-refractivity contribution in [1.82, 2.24) is 4.90 Å². The second-order valence-corrected chi connectivity index (χ2v) is 5.03. The molecule has 0 aliphatic heterocycles. The Hall–Kier alpha value is -1.55. The summed E-state index contributed by atoms with van der Waals surface area (Å²) in [6.07, 6.45) is 1.12. The molecule has 1 aromatic carbocycles. The molecular formula is C15H24N2O2. The molecule has 0 amide bonds. The Bertz CT molecular complexity index is 432. The number of benzene rings is 1. The number of nitrogens with two attached hydrogens (primary N) is 1. The molecule has 4 nitrogen and oxygen atoms in total. The number of nitrogens with zero attached hydrogens (tertiary/aromatic N) is 1. The summed E-state index contributed by atoms with van der Waals surface area (Å²) in [4.78, 5) is 13.6. The molecule has 1 rings (SSSR count). The van der Waals surface area contributed by atoms with E-state index in [-0.39, 0.29) is 5.56 Å². The second kappa shape index (κ2) is 7.14.